The zero-order chi connectivity index (χ0) is 12.6. The van der Waals surface area contributed by atoms with Crippen LogP contribution in [0.1, 0.15) is 17.0 Å². The Balaban J connectivity index is 2.77. The second-order valence-electron chi connectivity index (χ2n) is 4.22. The average molecular weight is 224 g/mol. The fourth-order valence-corrected chi connectivity index (χ4v) is 1.94. The van der Waals surface area contributed by atoms with Crippen LogP contribution in [0.2, 0.25) is 0 Å². The molecule has 0 aromatic carbocycles. The monoisotopic (exact) mass is 224 g/mol. The molecule has 0 saturated heterocycles. The molecule has 0 aliphatic carbocycles. The molecular formula is C13H13BN2O. The third kappa shape index (κ3) is 2.16. The molecule has 0 aliphatic rings. The van der Waals surface area contributed by atoms with E-state index in [-0.39, 0.29) is 5.56 Å². The molecule has 3 nitrogen and oxygen atoms in total. The summed E-state index contributed by atoms with van der Waals surface area (Å²) in [5.74, 6) is 0. The van der Waals surface area contributed by atoms with Crippen molar-refractivity contribution in [3.8, 4) is 5.69 Å². The number of nitrogens with zero attached hydrogens (tertiary/aromatic N) is 2. The van der Waals surface area contributed by atoms with E-state index in [0.717, 1.165) is 22.6 Å². The van der Waals surface area contributed by atoms with E-state index in [0.29, 0.717) is 5.46 Å². The predicted octanol–water partition coefficient (Wildman–Crippen LogP) is 0.952. The molecule has 0 spiro atoms. The van der Waals surface area contributed by atoms with Gasteiger partial charge in [0.2, 0.25) is 0 Å². The number of aryl methyl sites for hydroxylation is 3. The number of aromatic nitrogens is 2. The molecule has 4 heteroatoms. The van der Waals surface area contributed by atoms with Gasteiger partial charge in [0.05, 0.1) is 11.4 Å². The first-order valence-electron chi connectivity index (χ1n) is 5.42. The lowest BCUT2D eigenvalue weighted by Crippen LogP contribution is -2.22. The molecule has 0 aliphatic heterocycles. The average Bonchev–Trinajstić information content (AvgIpc) is 2.21. The van der Waals surface area contributed by atoms with E-state index in [1.54, 1.807) is 22.9 Å². The van der Waals surface area contributed by atoms with Crippen molar-refractivity contribution >= 4 is 13.3 Å². The fraction of sp³-hybridized carbons (Fsp3) is 0.231. The molecule has 0 bridgehead atoms. The smallest absolute Gasteiger partial charge is 0.255 e. The third-order valence-corrected chi connectivity index (χ3v) is 2.68. The van der Waals surface area contributed by atoms with Gasteiger partial charge >= 0.3 is 0 Å². The van der Waals surface area contributed by atoms with Crippen molar-refractivity contribution < 1.29 is 0 Å². The van der Waals surface area contributed by atoms with Gasteiger partial charge in [-0.1, -0.05) is 5.46 Å². The van der Waals surface area contributed by atoms with E-state index in [1.807, 2.05) is 26.8 Å². The standard InChI is InChI=1S/C13H13BN2O/c1-8-4-9(2)16(13(17)5-8)12-6-11(14)7-15-10(12)3/h4-7H,1-3H3. The van der Waals surface area contributed by atoms with Crippen LogP contribution in [0.5, 0.6) is 0 Å². The molecular weight excluding hydrogens is 211 g/mol. The van der Waals surface area contributed by atoms with Gasteiger partial charge in [0, 0.05) is 18.0 Å². The number of pyridine rings is 2. The summed E-state index contributed by atoms with van der Waals surface area (Å²) in [6, 6.07) is 5.34. The maximum atomic E-state index is 12.0. The third-order valence-electron chi connectivity index (χ3n) is 2.68. The molecule has 0 unspecified atom stereocenters. The highest BCUT2D eigenvalue weighted by Gasteiger charge is 2.07. The molecule has 2 aromatic heterocycles. The van der Waals surface area contributed by atoms with Gasteiger partial charge < -0.3 is 0 Å². The summed E-state index contributed by atoms with van der Waals surface area (Å²) in [5, 5.41) is 0. The minimum Gasteiger partial charge on any atom is -0.280 e. The number of hydrogen-bond acceptors (Lipinski definition) is 2. The van der Waals surface area contributed by atoms with Crippen molar-refractivity contribution in [2.45, 2.75) is 20.8 Å². The Bertz CT molecular complexity index is 632. The summed E-state index contributed by atoms with van der Waals surface area (Å²) in [6.45, 7) is 5.67. The van der Waals surface area contributed by atoms with Gasteiger partial charge in [0.15, 0.2) is 0 Å². The minimum atomic E-state index is -0.0574. The second-order valence-corrected chi connectivity index (χ2v) is 4.22. The maximum Gasteiger partial charge on any atom is 0.255 e. The van der Waals surface area contributed by atoms with Crippen molar-refractivity contribution in [1.82, 2.24) is 9.55 Å². The molecule has 2 radical (unpaired) electrons. The van der Waals surface area contributed by atoms with Crippen molar-refractivity contribution in [3.05, 3.63) is 51.7 Å². The molecule has 0 amide bonds. The molecule has 2 rings (SSSR count). The van der Waals surface area contributed by atoms with E-state index in [4.69, 9.17) is 7.85 Å². The Labute approximate surface area is 102 Å². The van der Waals surface area contributed by atoms with Crippen LogP contribution in [0, 0.1) is 20.8 Å². The van der Waals surface area contributed by atoms with E-state index < -0.39 is 0 Å². The Kier molecular flexibility index (Phi) is 2.88. The summed E-state index contributed by atoms with van der Waals surface area (Å²) in [6.07, 6.45) is 1.59. The zero-order valence-electron chi connectivity index (χ0n) is 10.2. The first kappa shape index (κ1) is 11.6. The largest absolute Gasteiger partial charge is 0.280 e. The molecule has 0 saturated carbocycles. The molecule has 0 N–H and O–H groups in total. The van der Waals surface area contributed by atoms with Gasteiger partial charge in [0.25, 0.3) is 5.56 Å². The van der Waals surface area contributed by atoms with Gasteiger partial charge in [-0.2, -0.15) is 0 Å². The lowest BCUT2D eigenvalue weighted by atomic mass is 9.97. The lowest BCUT2D eigenvalue weighted by Gasteiger charge is -2.13. The van der Waals surface area contributed by atoms with Gasteiger partial charge in [-0.3, -0.25) is 14.3 Å². The Morgan fingerprint density at radius 1 is 1.18 bits per heavy atom. The Morgan fingerprint density at radius 3 is 2.53 bits per heavy atom. The highest BCUT2D eigenvalue weighted by Crippen LogP contribution is 2.11. The van der Waals surface area contributed by atoms with Gasteiger partial charge in [-0.25, -0.2) is 0 Å². The van der Waals surface area contributed by atoms with E-state index in [1.165, 1.54) is 0 Å². The molecule has 84 valence electrons. The van der Waals surface area contributed by atoms with Crippen LogP contribution in [0.15, 0.2) is 29.2 Å². The van der Waals surface area contributed by atoms with Crippen molar-refractivity contribution in [3.63, 3.8) is 0 Å². The fourth-order valence-electron chi connectivity index (χ4n) is 1.94. The highest BCUT2D eigenvalue weighted by atomic mass is 16.1. The maximum absolute atomic E-state index is 12.0. The van der Waals surface area contributed by atoms with Crippen molar-refractivity contribution in [1.29, 1.82) is 0 Å². The summed E-state index contributed by atoms with van der Waals surface area (Å²) in [4.78, 5) is 16.2. The predicted molar refractivity (Wildman–Crippen MR) is 69.4 cm³/mol. The second kappa shape index (κ2) is 4.20. The first-order valence-corrected chi connectivity index (χ1v) is 5.42. The van der Waals surface area contributed by atoms with Crippen LogP contribution in [0.25, 0.3) is 5.69 Å². The molecule has 2 aromatic rings. The van der Waals surface area contributed by atoms with Crippen LogP contribution in [-0.4, -0.2) is 17.4 Å². The topological polar surface area (TPSA) is 34.9 Å². The summed E-state index contributed by atoms with van der Waals surface area (Å²) >= 11 is 0. The Hall–Kier alpha value is -1.84. The summed E-state index contributed by atoms with van der Waals surface area (Å²) < 4.78 is 1.63. The van der Waals surface area contributed by atoms with Crippen LogP contribution < -0.4 is 11.0 Å². The van der Waals surface area contributed by atoms with Crippen LogP contribution >= 0.6 is 0 Å². The normalized spacial score (nSPS) is 10.5. The van der Waals surface area contributed by atoms with Crippen molar-refractivity contribution in [2.75, 3.05) is 0 Å². The van der Waals surface area contributed by atoms with E-state index >= 15 is 0 Å². The summed E-state index contributed by atoms with van der Waals surface area (Å²) in [7, 11) is 5.72. The molecule has 0 atom stereocenters. The molecule has 0 fully saturated rings. The first-order chi connectivity index (χ1) is 7.99. The van der Waals surface area contributed by atoms with Gasteiger partial charge in [-0.05, 0) is 38.5 Å². The quantitative estimate of drug-likeness (QED) is 0.676. The van der Waals surface area contributed by atoms with E-state index in [2.05, 4.69) is 4.98 Å². The van der Waals surface area contributed by atoms with Gasteiger partial charge in [0.1, 0.15) is 7.85 Å². The lowest BCUT2D eigenvalue weighted by molar-refractivity contribution is 0.907. The van der Waals surface area contributed by atoms with Gasteiger partial charge in [-0.15, -0.1) is 0 Å². The number of hydrogen-bond donors (Lipinski definition) is 0. The van der Waals surface area contributed by atoms with Crippen molar-refractivity contribution in [2.24, 2.45) is 0 Å². The van der Waals surface area contributed by atoms with E-state index in [9.17, 15) is 4.79 Å². The SMILES string of the molecule is [B]c1cnc(C)c(-n2c(C)cc(C)cc2=O)c1. The van der Waals surface area contributed by atoms with Crippen LogP contribution in [0.3, 0.4) is 0 Å². The number of rotatable bonds is 1. The Morgan fingerprint density at radius 2 is 1.88 bits per heavy atom. The van der Waals surface area contributed by atoms with Crippen LogP contribution in [0.4, 0.5) is 0 Å². The summed E-state index contributed by atoms with van der Waals surface area (Å²) in [5.41, 5.74) is 3.86. The van der Waals surface area contributed by atoms with Crippen LogP contribution in [-0.2, 0) is 0 Å². The molecule has 17 heavy (non-hydrogen) atoms. The minimum absolute atomic E-state index is 0.0574. The zero-order valence-corrected chi connectivity index (χ0v) is 10.2. The molecule has 2 heterocycles. The highest BCUT2D eigenvalue weighted by molar-refractivity contribution is 6.32.